The molecule has 0 spiro atoms. The van der Waals surface area contributed by atoms with Gasteiger partial charge in [-0.1, -0.05) is 0 Å². The van der Waals surface area contributed by atoms with Crippen molar-refractivity contribution in [1.29, 1.82) is 0 Å². The third-order valence-electron chi connectivity index (χ3n) is 6.40. The van der Waals surface area contributed by atoms with Gasteiger partial charge in [-0.05, 0) is 57.3 Å². The standard InChI is InChI=1S/C18H24FN3O3/c1-10-14(23)21-13(22-15(10)24)2-3-20-16(25)17-5-11-4-12(6-17)8-18(19,7-11)9-17/h10-12H,2-9H2,1H3,(H,20,25)(H,21,22,23,24). The van der Waals surface area contributed by atoms with E-state index in [1.54, 1.807) is 0 Å². The minimum absolute atomic E-state index is 0.0777. The minimum Gasteiger partial charge on any atom is -0.355 e. The number of rotatable bonds is 4. The molecule has 5 rings (SSSR count). The molecule has 4 saturated carbocycles. The van der Waals surface area contributed by atoms with Crippen LogP contribution in [0.15, 0.2) is 4.99 Å². The van der Waals surface area contributed by atoms with Crippen molar-refractivity contribution in [3.05, 3.63) is 0 Å². The molecular weight excluding hydrogens is 325 g/mol. The van der Waals surface area contributed by atoms with Gasteiger partial charge >= 0.3 is 0 Å². The lowest BCUT2D eigenvalue weighted by Gasteiger charge is -2.58. The van der Waals surface area contributed by atoms with Gasteiger partial charge in [0.25, 0.3) is 5.91 Å². The summed E-state index contributed by atoms with van der Waals surface area (Å²) in [5, 5.41) is 5.49. The smallest absolute Gasteiger partial charge is 0.259 e. The van der Waals surface area contributed by atoms with E-state index in [4.69, 9.17) is 0 Å². The van der Waals surface area contributed by atoms with Crippen LogP contribution in [0.25, 0.3) is 0 Å². The highest BCUT2D eigenvalue weighted by Crippen LogP contribution is 2.62. The molecule has 1 aliphatic heterocycles. The van der Waals surface area contributed by atoms with Gasteiger partial charge in [0.15, 0.2) is 0 Å². The number of nitrogens with zero attached hydrogens (tertiary/aromatic N) is 1. The van der Waals surface area contributed by atoms with Gasteiger partial charge in [0.05, 0.1) is 5.41 Å². The Balaban J connectivity index is 1.36. The fraction of sp³-hybridized carbons (Fsp3) is 0.778. The number of halogens is 1. The van der Waals surface area contributed by atoms with E-state index in [1.165, 1.54) is 6.92 Å². The van der Waals surface area contributed by atoms with Crippen molar-refractivity contribution in [3.63, 3.8) is 0 Å². The van der Waals surface area contributed by atoms with Crippen molar-refractivity contribution in [1.82, 2.24) is 10.6 Å². The third kappa shape index (κ3) is 2.87. The number of nitrogens with one attached hydrogen (secondary N) is 2. The molecular formula is C18H24FN3O3. The number of hydrogen-bond donors (Lipinski definition) is 2. The maximum absolute atomic E-state index is 14.9. The summed E-state index contributed by atoms with van der Waals surface area (Å²) in [6.07, 6.45) is 4.49. The van der Waals surface area contributed by atoms with E-state index in [1.807, 2.05) is 0 Å². The normalized spacial score (nSPS) is 42.2. The maximum atomic E-state index is 14.9. The molecule has 0 saturated heterocycles. The van der Waals surface area contributed by atoms with Gasteiger partial charge in [0.2, 0.25) is 11.8 Å². The Morgan fingerprint density at radius 1 is 1.28 bits per heavy atom. The van der Waals surface area contributed by atoms with Crippen LogP contribution < -0.4 is 10.6 Å². The van der Waals surface area contributed by atoms with Crippen molar-refractivity contribution in [3.8, 4) is 0 Å². The van der Waals surface area contributed by atoms with E-state index in [0.29, 0.717) is 43.4 Å². The van der Waals surface area contributed by atoms with E-state index in [2.05, 4.69) is 15.6 Å². The van der Waals surface area contributed by atoms with Gasteiger partial charge in [-0.15, -0.1) is 0 Å². The van der Waals surface area contributed by atoms with Crippen molar-refractivity contribution < 1.29 is 18.8 Å². The zero-order valence-electron chi connectivity index (χ0n) is 14.4. The Hall–Kier alpha value is -1.79. The lowest BCUT2D eigenvalue weighted by Crippen LogP contribution is -2.59. The molecule has 6 nitrogen and oxygen atoms in total. The highest BCUT2D eigenvalue weighted by Gasteiger charge is 2.61. The van der Waals surface area contributed by atoms with Crippen LogP contribution in [0.3, 0.4) is 0 Å². The van der Waals surface area contributed by atoms with E-state index in [9.17, 15) is 18.8 Å². The molecule has 3 unspecified atom stereocenters. The molecule has 0 aromatic rings. The third-order valence-corrected chi connectivity index (χ3v) is 6.40. The van der Waals surface area contributed by atoms with Gasteiger partial charge in [0, 0.05) is 13.0 Å². The molecule has 3 atom stereocenters. The number of alkyl halides is 1. The Bertz CT molecular complexity index is 660. The summed E-state index contributed by atoms with van der Waals surface area (Å²) in [6, 6.07) is 0. The topological polar surface area (TPSA) is 87.6 Å². The molecule has 25 heavy (non-hydrogen) atoms. The zero-order chi connectivity index (χ0) is 17.8. The van der Waals surface area contributed by atoms with Crippen molar-refractivity contribution in [2.75, 3.05) is 6.54 Å². The van der Waals surface area contributed by atoms with Crippen LogP contribution in [0.4, 0.5) is 4.39 Å². The average Bonchev–Trinajstić information content (AvgIpc) is 2.50. The first-order chi connectivity index (χ1) is 11.8. The van der Waals surface area contributed by atoms with Crippen LogP contribution in [0.5, 0.6) is 0 Å². The monoisotopic (exact) mass is 349 g/mol. The lowest BCUT2D eigenvalue weighted by atomic mass is 9.48. The van der Waals surface area contributed by atoms with Gasteiger partial charge in [-0.3, -0.25) is 14.4 Å². The van der Waals surface area contributed by atoms with Gasteiger partial charge in [-0.25, -0.2) is 4.39 Å². The summed E-state index contributed by atoms with van der Waals surface area (Å²) in [5.41, 5.74) is -1.73. The Morgan fingerprint density at radius 2 is 1.96 bits per heavy atom. The second kappa shape index (κ2) is 5.61. The minimum atomic E-state index is -1.16. The molecule has 4 fully saturated rings. The quantitative estimate of drug-likeness (QED) is 0.754. The first-order valence-corrected chi connectivity index (χ1v) is 9.18. The zero-order valence-corrected chi connectivity index (χ0v) is 14.4. The van der Waals surface area contributed by atoms with E-state index in [0.717, 1.165) is 19.3 Å². The molecule has 7 heteroatoms. The SMILES string of the molecule is CC1C(=O)N=C(CCNC(=O)C23CC4CC(CC(F)(C4)C2)C3)NC1=O. The Morgan fingerprint density at radius 3 is 2.56 bits per heavy atom. The molecule has 2 N–H and O–H groups in total. The molecule has 0 aromatic heterocycles. The number of carbonyl (C=O) groups excluding carboxylic acids is 3. The van der Waals surface area contributed by atoms with Gasteiger partial charge in [0.1, 0.15) is 17.4 Å². The Labute approximate surface area is 146 Å². The first kappa shape index (κ1) is 16.7. The maximum Gasteiger partial charge on any atom is 0.259 e. The average molecular weight is 349 g/mol. The number of aliphatic imine (C=N–C) groups is 1. The largest absolute Gasteiger partial charge is 0.355 e. The predicted octanol–water partition coefficient (Wildman–Crippen LogP) is 1.49. The summed E-state index contributed by atoms with van der Waals surface area (Å²) < 4.78 is 14.9. The number of amidine groups is 1. The summed E-state index contributed by atoms with van der Waals surface area (Å²) in [4.78, 5) is 39.9. The fourth-order valence-electron chi connectivity index (χ4n) is 5.64. The van der Waals surface area contributed by atoms with Crippen LogP contribution in [0.2, 0.25) is 0 Å². The molecule has 4 aliphatic carbocycles. The molecule has 3 amide bonds. The van der Waals surface area contributed by atoms with Crippen molar-refractivity contribution in [2.24, 2.45) is 28.2 Å². The number of hydrogen-bond acceptors (Lipinski definition) is 3. The van der Waals surface area contributed by atoms with E-state index in [-0.39, 0.29) is 18.4 Å². The van der Waals surface area contributed by atoms with Crippen LogP contribution in [0, 0.1) is 23.2 Å². The summed E-state index contributed by atoms with van der Waals surface area (Å²) >= 11 is 0. The van der Waals surface area contributed by atoms with Crippen molar-refractivity contribution in [2.45, 2.75) is 57.5 Å². The van der Waals surface area contributed by atoms with Gasteiger partial charge in [-0.2, -0.15) is 4.99 Å². The molecule has 136 valence electrons. The van der Waals surface area contributed by atoms with E-state index < -0.39 is 22.9 Å². The van der Waals surface area contributed by atoms with Crippen LogP contribution in [0.1, 0.15) is 51.9 Å². The molecule has 4 bridgehead atoms. The first-order valence-electron chi connectivity index (χ1n) is 9.18. The summed E-state index contributed by atoms with van der Waals surface area (Å²) in [6.45, 7) is 1.80. The van der Waals surface area contributed by atoms with Crippen LogP contribution >= 0.6 is 0 Å². The lowest BCUT2D eigenvalue weighted by molar-refractivity contribution is -0.160. The molecule has 0 aromatic carbocycles. The van der Waals surface area contributed by atoms with Crippen LogP contribution in [-0.4, -0.2) is 35.8 Å². The summed E-state index contributed by atoms with van der Waals surface area (Å²) in [5.74, 6) is -0.693. The second-order valence-corrected chi connectivity index (χ2v) is 8.51. The van der Waals surface area contributed by atoms with E-state index >= 15 is 0 Å². The molecule has 5 aliphatic rings. The number of carbonyl (C=O) groups is 3. The summed E-state index contributed by atoms with van der Waals surface area (Å²) in [7, 11) is 0. The highest BCUT2D eigenvalue weighted by molar-refractivity contribution is 6.15. The Kier molecular flexibility index (Phi) is 3.74. The van der Waals surface area contributed by atoms with Crippen LogP contribution in [-0.2, 0) is 14.4 Å². The molecule has 0 radical (unpaired) electrons. The predicted molar refractivity (Wildman–Crippen MR) is 88.3 cm³/mol. The fourth-order valence-corrected chi connectivity index (χ4v) is 5.64. The molecule has 1 heterocycles. The van der Waals surface area contributed by atoms with Gasteiger partial charge < -0.3 is 10.6 Å². The highest BCUT2D eigenvalue weighted by atomic mass is 19.1. The van der Waals surface area contributed by atoms with Crippen molar-refractivity contribution >= 4 is 23.6 Å². The number of amides is 3. The second-order valence-electron chi connectivity index (χ2n) is 8.51.